The summed E-state index contributed by atoms with van der Waals surface area (Å²) in [6.45, 7) is 0.991. The SMILES string of the molecule is CC(CC(=O)Nc1ccccc1)C(F)(F)F. The summed E-state index contributed by atoms with van der Waals surface area (Å²) in [5.74, 6) is -2.26. The maximum Gasteiger partial charge on any atom is 0.392 e. The van der Waals surface area contributed by atoms with E-state index in [-0.39, 0.29) is 0 Å². The third kappa shape index (κ3) is 3.92. The number of anilines is 1. The van der Waals surface area contributed by atoms with Gasteiger partial charge >= 0.3 is 6.18 Å². The van der Waals surface area contributed by atoms with Crippen LogP contribution >= 0.6 is 0 Å². The third-order valence-electron chi connectivity index (χ3n) is 2.11. The van der Waals surface area contributed by atoms with Crippen LogP contribution in [0.3, 0.4) is 0 Å². The van der Waals surface area contributed by atoms with E-state index < -0.39 is 24.4 Å². The Bertz CT molecular complexity index is 348. The number of benzene rings is 1. The first-order valence-electron chi connectivity index (χ1n) is 4.81. The quantitative estimate of drug-likeness (QED) is 0.850. The molecular weight excluding hydrogens is 219 g/mol. The van der Waals surface area contributed by atoms with Gasteiger partial charge in [-0.3, -0.25) is 4.79 Å². The largest absolute Gasteiger partial charge is 0.392 e. The topological polar surface area (TPSA) is 29.1 Å². The fourth-order valence-electron chi connectivity index (χ4n) is 1.13. The van der Waals surface area contributed by atoms with Crippen LogP contribution in [0.1, 0.15) is 13.3 Å². The molecule has 0 saturated heterocycles. The summed E-state index contributed by atoms with van der Waals surface area (Å²) in [6, 6.07) is 8.39. The molecule has 1 atom stereocenters. The maximum absolute atomic E-state index is 12.2. The molecule has 1 aromatic rings. The summed E-state index contributed by atoms with van der Waals surface area (Å²) in [5, 5.41) is 2.41. The van der Waals surface area contributed by atoms with Gasteiger partial charge in [0, 0.05) is 12.1 Å². The minimum absolute atomic E-state index is 0.502. The molecule has 0 aromatic heterocycles. The molecule has 0 heterocycles. The van der Waals surface area contributed by atoms with E-state index in [9.17, 15) is 18.0 Å². The monoisotopic (exact) mass is 231 g/mol. The molecule has 0 aliphatic rings. The van der Waals surface area contributed by atoms with Crippen LogP contribution in [0.2, 0.25) is 0 Å². The Morgan fingerprint density at radius 2 is 1.88 bits per heavy atom. The summed E-state index contributed by atoms with van der Waals surface area (Å²) >= 11 is 0. The lowest BCUT2D eigenvalue weighted by molar-refractivity contribution is -0.173. The van der Waals surface area contributed by atoms with Gasteiger partial charge in [0.2, 0.25) is 5.91 Å². The van der Waals surface area contributed by atoms with Gasteiger partial charge in [0.05, 0.1) is 5.92 Å². The van der Waals surface area contributed by atoms with Crippen molar-refractivity contribution < 1.29 is 18.0 Å². The number of rotatable bonds is 3. The van der Waals surface area contributed by atoms with E-state index in [0.29, 0.717) is 5.69 Å². The van der Waals surface area contributed by atoms with Gasteiger partial charge in [0.1, 0.15) is 0 Å². The van der Waals surface area contributed by atoms with Crippen molar-refractivity contribution in [3.8, 4) is 0 Å². The average Bonchev–Trinajstić information content (AvgIpc) is 2.17. The first kappa shape index (κ1) is 12.5. The summed E-state index contributed by atoms with van der Waals surface area (Å²) in [4.78, 5) is 11.3. The molecule has 1 rings (SSSR count). The smallest absolute Gasteiger partial charge is 0.326 e. The van der Waals surface area contributed by atoms with E-state index in [0.717, 1.165) is 6.92 Å². The molecule has 1 aromatic carbocycles. The predicted octanol–water partition coefficient (Wildman–Crippen LogP) is 3.21. The van der Waals surface area contributed by atoms with Crippen LogP contribution in [0.4, 0.5) is 18.9 Å². The van der Waals surface area contributed by atoms with Crippen molar-refractivity contribution in [1.29, 1.82) is 0 Å². The predicted molar refractivity (Wildman–Crippen MR) is 54.9 cm³/mol. The highest BCUT2D eigenvalue weighted by Crippen LogP contribution is 2.28. The molecule has 5 heteroatoms. The second-order valence-electron chi connectivity index (χ2n) is 3.56. The number of para-hydroxylation sites is 1. The number of carbonyl (C=O) groups is 1. The van der Waals surface area contributed by atoms with Crippen LogP contribution in [0, 0.1) is 5.92 Å². The zero-order chi connectivity index (χ0) is 12.2. The number of hydrogen-bond donors (Lipinski definition) is 1. The minimum Gasteiger partial charge on any atom is -0.326 e. The van der Waals surface area contributed by atoms with Crippen LogP contribution in [0.5, 0.6) is 0 Å². The second-order valence-corrected chi connectivity index (χ2v) is 3.56. The van der Waals surface area contributed by atoms with Crippen molar-refractivity contribution >= 4 is 11.6 Å². The third-order valence-corrected chi connectivity index (χ3v) is 2.11. The highest BCUT2D eigenvalue weighted by Gasteiger charge is 2.37. The van der Waals surface area contributed by atoms with Crippen molar-refractivity contribution in [2.45, 2.75) is 19.5 Å². The van der Waals surface area contributed by atoms with Crippen molar-refractivity contribution in [3.63, 3.8) is 0 Å². The van der Waals surface area contributed by atoms with Crippen LogP contribution < -0.4 is 5.32 Å². The fourth-order valence-corrected chi connectivity index (χ4v) is 1.13. The van der Waals surface area contributed by atoms with E-state index in [4.69, 9.17) is 0 Å². The summed E-state index contributed by atoms with van der Waals surface area (Å²) < 4.78 is 36.5. The van der Waals surface area contributed by atoms with E-state index in [1.807, 2.05) is 0 Å². The molecule has 0 spiro atoms. The Balaban J connectivity index is 2.49. The molecule has 0 saturated carbocycles. The van der Waals surface area contributed by atoms with E-state index >= 15 is 0 Å². The van der Waals surface area contributed by atoms with Crippen molar-refractivity contribution in [2.75, 3.05) is 5.32 Å². The highest BCUT2D eigenvalue weighted by atomic mass is 19.4. The number of amides is 1. The van der Waals surface area contributed by atoms with E-state index in [1.165, 1.54) is 0 Å². The minimum atomic E-state index is -4.33. The van der Waals surface area contributed by atoms with E-state index in [1.54, 1.807) is 30.3 Å². The Labute approximate surface area is 91.5 Å². The normalized spacial score (nSPS) is 13.2. The van der Waals surface area contributed by atoms with Gasteiger partial charge in [-0.1, -0.05) is 25.1 Å². The lowest BCUT2D eigenvalue weighted by atomic mass is 10.1. The molecule has 0 aliphatic carbocycles. The Morgan fingerprint density at radius 1 is 1.31 bits per heavy atom. The Hall–Kier alpha value is -1.52. The van der Waals surface area contributed by atoms with Gasteiger partial charge in [-0.15, -0.1) is 0 Å². The van der Waals surface area contributed by atoms with Gasteiger partial charge in [-0.05, 0) is 12.1 Å². The summed E-state index contributed by atoms with van der Waals surface area (Å²) in [6.07, 6.45) is -4.88. The molecular formula is C11H12F3NO. The van der Waals surface area contributed by atoms with Crippen molar-refractivity contribution in [3.05, 3.63) is 30.3 Å². The maximum atomic E-state index is 12.2. The molecule has 0 aliphatic heterocycles. The van der Waals surface area contributed by atoms with Crippen molar-refractivity contribution in [1.82, 2.24) is 0 Å². The molecule has 88 valence electrons. The van der Waals surface area contributed by atoms with Crippen LogP contribution in [-0.4, -0.2) is 12.1 Å². The van der Waals surface area contributed by atoms with Crippen LogP contribution in [0.25, 0.3) is 0 Å². The van der Waals surface area contributed by atoms with Crippen LogP contribution in [-0.2, 0) is 4.79 Å². The number of nitrogens with one attached hydrogen (secondary N) is 1. The number of hydrogen-bond acceptors (Lipinski definition) is 1. The lowest BCUT2D eigenvalue weighted by Gasteiger charge is -2.14. The highest BCUT2D eigenvalue weighted by molar-refractivity contribution is 5.90. The summed E-state index contributed by atoms with van der Waals surface area (Å²) in [7, 11) is 0. The molecule has 1 amide bonds. The fraction of sp³-hybridized carbons (Fsp3) is 0.364. The Kier molecular flexibility index (Phi) is 3.93. The molecule has 0 bridgehead atoms. The molecule has 0 radical (unpaired) electrons. The molecule has 0 fully saturated rings. The number of carbonyl (C=O) groups excluding carboxylic acids is 1. The number of alkyl halides is 3. The molecule has 16 heavy (non-hydrogen) atoms. The van der Waals surface area contributed by atoms with Gasteiger partial charge in [0.15, 0.2) is 0 Å². The summed E-state index contributed by atoms with van der Waals surface area (Å²) in [5.41, 5.74) is 0.502. The molecule has 1 N–H and O–H groups in total. The van der Waals surface area contributed by atoms with Gasteiger partial charge in [-0.2, -0.15) is 13.2 Å². The van der Waals surface area contributed by atoms with Crippen molar-refractivity contribution in [2.24, 2.45) is 5.92 Å². The van der Waals surface area contributed by atoms with Crippen LogP contribution in [0.15, 0.2) is 30.3 Å². The first-order chi connectivity index (χ1) is 7.39. The molecule has 1 unspecified atom stereocenters. The lowest BCUT2D eigenvalue weighted by Crippen LogP contribution is -2.25. The standard InChI is InChI=1S/C11H12F3NO/c1-8(11(12,13)14)7-10(16)15-9-5-3-2-4-6-9/h2-6,8H,7H2,1H3,(H,15,16). The average molecular weight is 231 g/mol. The second kappa shape index (κ2) is 5.01. The Morgan fingerprint density at radius 3 is 2.38 bits per heavy atom. The van der Waals surface area contributed by atoms with Gasteiger partial charge in [0.25, 0.3) is 0 Å². The first-order valence-corrected chi connectivity index (χ1v) is 4.81. The van der Waals surface area contributed by atoms with E-state index in [2.05, 4.69) is 5.32 Å². The van der Waals surface area contributed by atoms with Gasteiger partial charge < -0.3 is 5.32 Å². The zero-order valence-corrected chi connectivity index (χ0v) is 8.71. The van der Waals surface area contributed by atoms with Gasteiger partial charge in [-0.25, -0.2) is 0 Å². The zero-order valence-electron chi connectivity index (χ0n) is 8.71. The molecule has 2 nitrogen and oxygen atoms in total. The number of halogens is 3.